The number of aliphatic hydroxyl groups excluding tert-OH is 1. The number of aromatic nitrogens is 4. The molecule has 0 saturated carbocycles. The van der Waals surface area contributed by atoms with Gasteiger partial charge in [-0.15, -0.1) is 0 Å². The number of phosphoric ester groups is 1. The molecule has 7 atom stereocenters. The van der Waals surface area contributed by atoms with E-state index in [0.717, 1.165) is 17.2 Å². The average Bonchev–Trinajstić information content (AvgIpc) is 3.35. The molecule has 0 bridgehead atoms. The number of anilines is 1. The molecule has 1 fully saturated rings. The number of phosphoric acid groups is 4. The molecule has 242 valence electrons. The number of rotatable bonds is 15. The molecule has 10 N–H and O–H groups in total. The highest BCUT2D eigenvalue weighted by Gasteiger charge is 2.52. The number of fused-ring (bicyclic) bond motifs is 1. The number of carboxylic acids is 2. The van der Waals surface area contributed by atoms with Crippen LogP contribution >= 0.6 is 31.3 Å². The van der Waals surface area contributed by atoms with Gasteiger partial charge in [-0.05, 0) is 0 Å². The van der Waals surface area contributed by atoms with Gasteiger partial charge in [0.1, 0.15) is 30.2 Å². The van der Waals surface area contributed by atoms with Gasteiger partial charge in [0, 0.05) is 0 Å². The first-order valence-electron chi connectivity index (χ1n) is 10.8. The number of hydrogen-bond donors (Lipinski definition) is 9. The van der Waals surface area contributed by atoms with Crippen molar-refractivity contribution >= 4 is 60.2 Å². The van der Waals surface area contributed by atoms with Crippen molar-refractivity contribution in [2.24, 2.45) is 5.92 Å². The van der Waals surface area contributed by atoms with Crippen LogP contribution in [-0.4, -0.2) is 103 Å². The van der Waals surface area contributed by atoms with Gasteiger partial charge in [0.15, 0.2) is 23.6 Å². The molecule has 1 saturated heterocycles. The molecule has 0 radical (unpaired) electrons. The monoisotopic (exact) mass is 703 g/mol. The summed E-state index contributed by atoms with van der Waals surface area (Å²) in [5.41, 5.74) is 5.68. The van der Waals surface area contributed by atoms with Crippen LogP contribution in [0.15, 0.2) is 12.7 Å². The number of nitrogens with two attached hydrogens (primary N) is 1. The summed E-state index contributed by atoms with van der Waals surface area (Å²) < 4.78 is 73.9. The summed E-state index contributed by atoms with van der Waals surface area (Å²) in [7, 11) is -24.1. The van der Waals surface area contributed by atoms with Gasteiger partial charge < -0.3 is 55.0 Å². The zero-order chi connectivity index (χ0) is 32.5. The molecule has 0 aromatic carbocycles. The molecule has 3 rings (SSSR count). The fourth-order valence-electron chi connectivity index (χ4n) is 3.42. The summed E-state index contributed by atoms with van der Waals surface area (Å²) in [5, 5.41) is 28.9. The highest BCUT2D eigenvalue weighted by Crippen LogP contribution is 2.71. The Hall–Kier alpha value is -2.27. The Morgan fingerprint density at radius 1 is 0.953 bits per heavy atom. The first kappa shape index (κ1) is 35.2. The third-order valence-electron chi connectivity index (χ3n) is 5.01. The van der Waals surface area contributed by atoms with Gasteiger partial charge in [-0.2, -0.15) is 12.9 Å². The van der Waals surface area contributed by atoms with E-state index in [1.165, 1.54) is 0 Å². The van der Waals surface area contributed by atoms with E-state index in [0.29, 0.717) is 0 Å². The highest BCUT2D eigenvalue weighted by molar-refractivity contribution is 7.69. The maximum atomic E-state index is 12.6. The van der Waals surface area contributed by atoms with Crippen molar-refractivity contribution in [3.63, 3.8) is 0 Å². The molecule has 3 heterocycles. The fourth-order valence-corrected chi connectivity index (χ4v) is 8.08. The van der Waals surface area contributed by atoms with Crippen molar-refractivity contribution < 1.29 is 94.6 Å². The van der Waals surface area contributed by atoms with Crippen LogP contribution in [0, 0.1) is 5.92 Å². The third-order valence-corrected chi connectivity index (χ3v) is 10.5. The maximum absolute atomic E-state index is 12.6. The normalized spacial score (nSPS) is 25.3. The van der Waals surface area contributed by atoms with E-state index in [2.05, 4.69) is 27.9 Å². The Kier molecular flexibility index (Phi) is 10.6. The van der Waals surface area contributed by atoms with Gasteiger partial charge in [0.2, 0.25) is 0 Å². The summed E-state index contributed by atoms with van der Waals surface area (Å²) in [6.07, 6.45) is -5.46. The molecule has 0 amide bonds. The number of nitrogen functional groups attached to an aromatic ring is 1. The zero-order valence-electron chi connectivity index (χ0n) is 20.6. The second-order valence-electron chi connectivity index (χ2n) is 8.12. The smallest absolute Gasteiger partial charge is 0.481 e. The standard InChI is InChI=1S/C14H21N5O20P4/c15-10-7-11(17-3-16-10)19(4-18-7)12-8(20)9(6(35-12)2-34-1-5(13(21)22)14(23)24)36-41(28,29)38-43(32,33)39-42(30,31)37-40(25,26)27/h3-6,8-9,12,20H,1-2H2,(H,21,22)(H,23,24)(H,28,29)(H,30,31)(H,32,33)(H2,15,16,17)(H2,25,26,27)/t6-,8-,9-,12-/m1/s1. The molecular formula is C14H21N5O20P4. The minimum Gasteiger partial charge on any atom is -0.481 e. The largest absolute Gasteiger partial charge is 0.490 e. The third kappa shape index (κ3) is 9.36. The maximum Gasteiger partial charge on any atom is 0.490 e. The molecule has 0 spiro atoms. The van der Waals surface area contributed by atoms with Crippen LogP contribution in [-0.2, 0) is 54.8 Å². The SMILES string of the molecule is Nc1ncnc2c1ncn2[C@@H]1O[C@H](COCC(C(=O)O)C(=O)O)[C@@H](OP(=O)(O)OP(=O)(O)OP(=O)(O)OP(=O)(O)O)[C@H]1O. The summed E-state index contributed by atoms with van der Waals surface area (Å²) in [4.78, 5) is 79.9. The number of aliphatic carboxylic acids is 2. The van der Waals surface area contributed by atoms with Crippen LogP contribution in [0.5, 0.6) is 0 Å². The quantitative estimate of drug-likeness (QED) is 0.0736. The van der Waals surface area contributed by atoms with Crippen LogP contribution in [0.1, 0.15) is 6.23 Å². The zero-order valence-corrected chi connectivity index (χ0v) is 24.2. The molecular weight excluding hydrogens is 682 g/mol. The van der Waals surface area contributed by atoms with Crippen LogP contribution in [0.4, 0.5) is 5.82 Å². The van der Waals surface area contributed by atoms with E-state index < -0.39 is 86.9 Å². The fraction of sp³-hybridized carbons (Fsp3) is 0.500. The van der Waals surface area contributed by atoms with Crippen LogP contribution in [0.3, 0.4) is 0 Å². The number of carbonyl (C=O) groups is 2. The van der Waals surface area contributed by atoms with E-state index in [4.69, 9.17) is 39.7 Å². The van der Waals surface area contributed by atoms with Crippen molar-refractivity contribution in [3.8, 4) is 0 Å². The molecule has 1 aliphatic heterocycles. The van der Waals surface area contributed by atoms with E-state index in [1.807, 2.05) is 0 Å². The molecule has 29 heteroatoms. The Morgan fingerprint density at radius 3 is 2.12 bits per heavy atom. The van der Waals surface area contributed by atoms with E-state index >= 15 is 0 Å². The van der Waals surface area contributed by atoms with Crippen molar-refractivity contribution in [1.82, 2.24) is 19.5 Å². The van der Waals surface area contributed by atoms with Crippen molar-refractivity contribution in [2.45, 2.75) is 24.5 Å². The number of hydrogen-bond acceptors (Lipinski definition) is 17. The van der Waals surface area contributed by atoms with Crippen LogP contribution < -0.4 is 5.73 Å². The molecule has 2 aromatic rings. The van der Waals surface area contributed by atoms with Crippen LogP contribution in [0.25, 0.3) is 11.2 Å². The number of carboxylic acid groups (broad SMARTS) is 2. The molecule has 3 unspecified atom stereocenters. The number of aliphatic hydroxyl groups is 1. The summed E-state index contributed by atoms with van der Waals surface area (Å²) in [5.74, 6) is -5.76. The lowest BCUT2D eigenvalue weighted by molar-refractivity contribution is -0.158. The Labute approximate surface area is 236 Å². The lowest BCUT2D eigenvalue weighted by atomic mass is 10.1. The number of nitrogens with zero attached hydrogens (tertiary/aromatic N) is 4. The van der Waals surface area contributed by atoms with Crippen molar-refractivity contribution in [3.05, 3.63) is 12.7 Å². The first-order chi connectivity index (χ1) is 19.6. The second kappa shape index (κ2) is 13.0. The lowest BCUT2D eigenvalue weighted by Gasteiger charge is -2.24. The summed E-state index contributed by atoms with van der Waals surface area (Å²) >= 11 is 0. The van der Waals surface area contributed by atoms with E-state index in [1.54, 1.807) is 0 Å². The van der Waals surface area contributed by atoms with Crippen molar-refractivity contribution in [1.29, 1.82) is 0 Å². The molecule has 25 nitrogen and oxygen atoms in total. The Balaban J connectivity index is 1.86. The highest BCUT2D eigenvalue weighted by atomic mass is 31.3. The van der Waals surface area contributed by atoms with E-state index in [-0.39, 0.29) is 17.0 Å². The molecule has 1 aliphatic rings. The Bertz CT molecular complexity index is 1550. The van der Waals surface area contributed by atoms with Gasteiger partial charge in [0.25, 0.3) is 0 Å². The topological polar surface area (TPSA) is 389 Å². The summed E-state index contributed by atoms with van der Waals surface area (Å²) in [6.45, 7) is -1.83. The van der Waals surface area contributed by atoms with Crippen LogP contribution in [0.2, 0.25) is 0 Å². The summed E-state index contributed by atoms with van der Waals surface area (Å²) in [6, 6.07) is 0. The minimum atomic E-state index is -6.23. The predicted molar refractivity (Wildman–Crippen MR) is 129 cm³/mol. The molecule has 2 aromatic heterocycles. The first-order valence-corrected chi connectivity index (χ1v) is 16.8. The predicted octanol–water partition coefficient (Wildman–Crippen LogP) is -1.70. The molecule has 43 heavy (non-hydrogen) atoms. The van der Waals surface area contributed by atoms with Gasteiger partial charge >= 0.3 is 43.2 Å². The van der Waals surface area contributed by atoms with Crippen molar-refractivity contribution in [2.75, 3.05) is 18.9 Å². The average molecular weight is 703 g/mol. The lowest BCUT2D eigenvalue weighted by Crippen LogP contribution is -2.37. The molecule has 0 aliphatic carbocycles. The van der Waals surface area contributed by atoms with Gasteiger partial charge in [-0.3, -0.25) is 18.7 Å². The van der Waals surface area contributed by atoms with Gasteiger partial charge in [-0.25, -0.2) is 33.2 Å². The number of imidazole rings is 1. The van der Waals surface area contributed by atoms with Gasteiger partial charge in [-0.1, -0.05) is 0 Å². The second-order valence-corrected chi connectivity index (χ2v) is 14.1. The minimum absolute atomic E-state index is 0.0155. The van der Waals surface area contributed by atoms with Gasteiger partial charge in [0.05, 0.1) is 19.5 Å². The Morgan fingerprint density at radius 2 is 1.53 bits per heavy atom. The van der Waals surface area contributed by atoms with E-state index in [9.17, 15) is 47.6 Å². The number of ether oxygens (including phenoxy) is 2.